The molecule has 24 heavy (non-hydrogen) atoms. The molecule has 2 nitrogen and oxygen atoms in total. The molecule has 0 atom stereocenters. The van der Waals surface area contributed by atoms with Gasteiger partial charge in [-0.2, -0.15) is 0 Å². The lowest BCUT2D eigenvalue weighted by Gasteiger charge is -2.31. The van der Waals surface area contributed by atoms with Crippen LogP contribution in [0.5, 0.6) is 0 Å². The molecule has 0 radical (unpaired) electrons. The summed E-state index contributed by atoms with van der Waals surface area (Å²) >= 11 is 0. The van der Waals surface area contributed by atoms with Crippen LogP contribution in [0.15, 0.2) is 85.1 Å². The first-order valence-corrected chi connectivity index (χ1v) is 9.39. The van der Waals surface area contributed by atoms with Crippen LogP contribution in [0.25, 0.3) is 0 Å². The maximum Gasteiger partial charge on any atom is 0.0925 e. The molecule has 0 N–H and O–H groups in total. The quantitative estimate of drug-likeness (QED) is 0.620. The van der Waals surface area contributed by atoms with Gasteiger partial charge in [0.2, 0.25) is 0 Å². The molecule has 0 aliphatic carbocycles. The monoisotopic (exact) mass is 335 g/mol. The summed E-state index contributed by atoms with van der Waals surface area (Å²) in [6.45, 7) is 4.28. The Morgan fingerprint density at radius 1 is 0.792 bits per heavy atom. The van der Waals surface area contributed by atoms with Crippen molar-refractivity contribution in [1.82, 2.24) is 4.98 Å². The van der Waals surface area contributed by atoms with Gasteiger partial charge in [0.05, 0.1) is 13.7 Å². The number of aromatic nitrogens is 1. The van der Waals surface area contributed by atoms with Crippen LogP contribution in [-0.4, -0.2) is 10.6 Å². The lowest BCUT2D eigenvalue weighted by atomic mass is 10.0. The Bertz CT molecular complexity index is 705. The first-order valence-electron chi connectivity index (χ1n) is 8.13. The number of nitrogens with zero attached hydrogens (tertiary/aromatic N) is 1. The predicted octanol–water partition coefficient (Wildman–Crippen LogP) is 4.47. The van der Waals surface area contributed by atoms with Crippen LogP contribution in [0.4, 0.5) is 0 Å². The van der Waals surface area contributed by atoms with Crippen molar-refractivity contribution in [3.05, 3.63) is 90.8 Å². The summed E-state index contributed by atoms with van der Waals surface area (Å²) < 4.78 is 6.64. The molecule has 0 unspecified atom stereocenters. The molecule has 3 aromatic rings. The molecule has 3 rings (SSSR count). The third-order valence-electron chi connectivity index (χ3n) is 3.65. The van der Waals surface area contributed by atoms with Crippen molar-refractivity contribution in [2.75, 3.05) is 0 Å². The maximum absolute atomic E-state index is 6.64. The number of rotatable bonds is 6. The van der Waals surface area contributed by atoms with Gasteiger partial charge >= 0.3 is 0 Å². The van der Waals surface area contributed by atoms with E-state index in [1.807, 2.05) is 30.5 Å². The SMILES string of the molecule is CC(C)(Cc1ccccn1)OP(c1ccccc1)c1ccccc1. The lowest BCUT2D eigenvalue weighted by molar-refractivity contribution is 0.131. The average molecular weight is 335 g/mol. The number of hydrogen-bond acceptors (Lipinski definition) is 2. The third-order valence-corrected chi connectivity index (χ3v) is 5.86. The molecular weight excluding hydrogens is 313 g/mol. The molecule has 2 aromatic carbocycles. The molecule has 0 saturated heterocycles. The summed E-state index contributed by atoms with van der Waals surface area (Å²) in [6, 6.07) is 27.0. The van der Waals surface area contributed by atoms with Gasteiger partial charge in [0.15, 0.2) is 0 Å². The van der Waals surface area contributed by atoms with E-state index in [2.05, 4.69) is 73.4 Å². The van der Waals surface area contributed by atoms with E-state index >= 15 is 0 Å². The van der Waals surface area contributed by atoms with Gasteiger partial charge < -0.3 is 4.52 Å². The van der Waals surface area contributed by atoms with Crippen LogP contribution in [0.3, 0.4) is 0 Å². The smallest absolute Gasteiger partial charge is 0.0925 e. The van der Waals surface area contributed by atoms with E-state index < -0.39 is 8.15 Å². The van der Waals surface area contributed by atoms with E-state index in [1.54, 1.807) is 0 Å². The molecule has 1 aromatic heterocycles. The van der Waals surface area contributed by atoms with Crippen LogP contribution >= 0.6 is 8.15 Å². The second-order valence-corrected chi connectivity index (χ2v) is 8.12. The highest BCUT2D eigenvalue weighted by atomic mass is 31.1. The van der Waals surface area contributed by atoms with Crippen molar-refractivity contribution < 1.29 is 4.52 Å². The normalized spacial score (nSPS) is 11.6. The molecule has 1 heterocycles. The van der Waals surface area contributed by atoms with Crippen LogP contribution in [0, 0.1) is 0 Å². The van der Waals surface area contributed by atoms with Crippen molar-refractivity contribution in [2.45, 2.75) is 25.9 Å². The third kappa shape index (κ3) is 4.50. The molecule has 0 aliphatic heterocycles. The molecule has 0 bridgehead atoms. The van der Waals surface area contributed by atoms with Crippen molar-refractivity contribution in [3.8, 4) is 0 Å². The average Bonchev–Trinajstić information content (AvgIpc) is 2.62. The zero-order valence-electron chi connectivity index (χ0n) is 14.1. The van der Waals surface area contributed by atoms with Gasteiger partial charge in [-0.3, -0.25) is 4.98 Å². The van der Waals surface area contributed by atoms with Gasteiger partial charge in [0, 0.05) is 28.9 Å². The first kappa shape index (κ1) is 16.8. The Morgan fingerprint density at radius 3 is 1.83 bits per heavy atom. The summed E-state index contributed by atoms with van der Waals surface area (Å²) in [7, 11) is -0.863. The molecule has 3 heteroatoms. The molecule has 0 fully saturated rings. The van der Waals surface area contributed by atoms with Crippen LogP contribution in [-0.2, 0) is 10.9 Å². The molecule has 122 valence electrons. The molecule has 0 saturated carbocycles. The van der Waals surface area contributed by atoms with Gasteiger partial charge in [0.1, 0.15) is 0 Å². The number of hydrogen-bond donors (Lipinski definition) is 0. The Labute approximate surface area is 145 Å². The standard InChI is InChI=1S/C21H22NOP/c1-21(2,17-18-11-9-10-16-22-18)23-24(19-12-5-3-6-13-19)20-14-7-4-8-15-20/h3-16H,17H2,1-2H3. The fraction of sp³-hybridized carbons (Fsp3) is 0.190. The van der Waals surface area contributed by atoms with Crippen LogP contribution in [0.2, 0.25) is 0 Å². The van der Waals surface area contributed by atoms with Crippen molar-refractivity contribution in [2.24, 2.45) is 0 Å². The molecule has 0 spiro atoms. The highest BCUT2D eigenvalue weighted by Crippen LogP contribution is 2.40. The van der Waals surface area contributed by atoms with Gasteiger partial charge in [-0.25, -0.2) is 0 Å². The van der Waals surface area contributed by atoms with Crippen molar-refractivity contribution in [1.29, 1.82) is 0 Å². The Balaban J connectivity index is 1.86. The fourth-order valence-electron chi connectivity index (χ4n) is 2.60. The van der Waals surface area contributed by atoms with E-state index in [1.165, 1.54) is 10.6 Å². The topological polar surface area (TPSA) is 22.1 Å². The molecule has 0 aliphatic rings. The van der Waals surface area contributed by atoms with Crippen molar-refractivity contribution in [3.63, 3.8) is 0 Å². The van der Waals surface area contributed by atoms with Gasteiger partial charge in [0.25, 0.3) is 0 Å². The van der Waals surface area contributed by atoms with Gasteiger partial charge in [-0.1, -0.05) is 66.7 Å². The Hall–Kier alpha value is -2.02. The zero-order chi connectivity index (χ0) is 16.8. The van der Waals surface area contributed by atoms with Crippen LogP contribution in [0.1, 0.15) is 19.5 Å². The Kier molecular flexibility index (Phi) is 5.40. The maximum atomic E-state index is 6.64. The van der Waals surface area contributed by atoms with Crippen LogP contribution < -0.4 is 10.6 Å². The fourth-order valence-corrected chi connectivity index (χ4v) is 4.55. The second kappa shape index (κ2) is 7.70. The van der Waals surface area contributed by atoms with Gasteiger partial charge in [-0.05, 0) is 26.0 Å². The Morgan fingerprint density at radius 2 is 1.33 bits per heavy atom. The van der Waals surface area contributed by atoms with E-state index in [0.29, 0.717) is 0 Å². The van der Waals surface area contributed by atoms with E-state index in [9.17, 15) is 0 Å². The zero-order valence-corrected chi connectivity index (χ0v) is 15.0. The summed E-state index contributed by atoms with van der Waals surface area (Å²) in [5, 5.41) is 2.46. The summed E-state index contributed by atoms with van der Waals surface area (Å²) in [6.07, 6.45) is 2.62. The minimum absolute atomic E-state index is 0.300. The van der Waals surface area contributed by atoms with Crippen molar-refractivity contribution >= 4 is 18.8 Å². The highest BCUT2D eigenvalue weighted by molar-refractivity contribution is 7.68. The summed E-state index contributed by atoms with van der Waals surface area (Å²) in [5.41, 5.74) is 0.754. The first-order chi connectivity index (χ1) is 11.6. The highest BCUT2D eigenvalue weighted by Gasteiger charge is 2.27. The van der Waals surface area contributed by atoms with E-state index in [-0.39, 0.29) is 5.60 Å². The number of benzene rings is 2. The summed E-state index contributed by atoms with van der Waals surface area (Å²) in [4.78, 5) is 4.44. The minimum Gasteiger partial charge on any atom is -0.343 e. The molecule has 0 amide bonds. The number of pyridine rings is 1. The second-order valence-electron chi connectivity index (χ2n) is 6.31. The van der Waals surface area contributed by atoms with E-state index in [4.69, 9.17) is 4.52 Å². The lowest BCUT2D eigenvalue weighted by Crippen LogP contribution is -2.29. The minimum atomic E-state index is -0.863. The van der Waals surface area contributed by atoms with Gasteiger partial charge in [-0.15, -0.1) is 0 Å². The predicted molar refractivity (Wildman–Crippen MR) is 102 cm³/mol. The van der Waals surface area contributed by atoms with E-state index in [0.717, 1.165) is 12.1 Å². The molecular formula is C21H22NOP. The largest absolute Gasteiger partial charge is 0.343 e. The summed E-state index contributed by atoms with van der Waals surface area (Å²) in [5.74, 6) is 0.